The van der Waals surface area contributed by atoms with Gasteiger partial charge >= 0.3 is 0 Å². The summed E-state index contributed by atoms with van der Waals surface area (Å²) >= 11 is 0. The van der Waals surface area contributed by atoms with Crippen LogP contribution >= 0.6 is 0 Å². The van der Waals surface area contributed by atoms with Crippen LogP contribution in [0.2, 0.25) is 0 Å². The molecule has 0 atom stereocenters. The van der Waals surface area contributed by atoms with Crippen LogP contribution in [0, 0.1) is 6.58 Å². The van der Waals surface area contributed by atoms with E-state index in [9.17, 15) is 0 Å². The maximum atomic E-state index is 8.66. The van der Waals surface area contributed by atoms with Gasteiger partial charge in [0.1, 0.15) is 0 Å². The Hall–Kier alpha value is -1.08. The van der Waals surface area contributed by atoms with Crippen molar-refractivity contribution in [2.45, 2.75) is 6.61 Å². The van der Waals surface area contributed by atoms with Gasteiger partial charge in [-0.3, -0.25) is 0 Å². The summed E-state index contributed by atoms with van der Waals surface area (Å²) in [5, 5.41) is 8.66. The van der Waals surface area contributed by atoms with Gasteiger partial charge in [0, 0.05) is 0 Å². The third-order valence-corrected chi connectivity index (χ3v) is 1.35. The molecule has 0 bridgehead atoms. The number of aliphatic hydroxyl groups is 1. The van der Waals surface area contributed by atoms with Crippen LogP contribution in [-0.2, 0) is 6.61 Å². The van der Waals surface area contributed by atoms with Crippen LogP contribution in [0.5, 0.6) is 0 Å². The molecule has 0 saturated heterocycles. The summed E-state index contributed by atoms with van der Waals surface area (Å²) in [6.45, 7) is 5.34. The molecule has 51 valence electrons. The van der Waals surface area contributed by atoms with E-state index in [0.717, 1.165) is 11.1 Å². The van der Waals surface area contributed by atoms with Gasteiger partial charge in [0.05, 0.1) is 6.61 Å². The molecule has 0 aliphatic carbocycles. The van der Waals surface area contributed by atoms with E-state index in [1.54, 1.807) is 0 Å². The van der Waals surface area contributed by atoms with Crippen LogP contribution < -0.4 is 0 Å². The van der Waals surface area contributed by atoms with Crippen molar-refractivity contribution in [3.63, 3.8) is 0 Å². The fourth-order valence-corrected chi connectivity index (χ4v) is 0.734. The average Bonchev–Trinajstić information content (AvgIpc) is 2.05. The largest absolute Gasteiger partial charge is 0.392 e. The number of hydrogen-bond donors (Lipinski definition) is 1. The van der Waals surface area contributed by atoms with E-state index in [2.05, 4.69) is 0 Å². The molecule has 0 fully saturated rings. The van der Waals surface area contributed by atoms with Crippen molar-refractivity contribution >= 4 is 6.08 Å². The molecule has 1 heteroatoms. The Bertz CT molecular complexity index is 211. The Labute approximate surface area is 60.6 Å². The predicted molar refractivity (Wildman–Crippen MR) is 41.1 cm³/mol. The van der Waals surface area contributed by atoms with Crippen molar-refractivity contribution in [3.8, 4) is 0 Å². The minimum absolute atomic E-state index is 0.0881. The molecule has 1 nitrogen and oxygen atoms in total. The van der Waals surface area contributed by atoms with Gasteiger partial charge < -0.3 is 5.11 Å². The summed E-state index contributed by atoms with van der Waals surface area (Å²) in [6, 6.07) is 7.43. The first-order valence-electron chi connectivity index (χ1n) is 3.11. The lowest BCUT2D eigenvalue weighted by atomic mass is 10.1. The third kappa shape index (κ3) is 1.45. The highest BCUT2D eigenvalue weighted by molar-refractivity contribution is 5.45. The van der Waals surface area contributed by atoms with Gasteiger partial charge in [-0.2, -0.15) is 0 Å². The van der Waals surface area contributed by atoms with Crippen molar-refractivity contribution < 1.29 is 5.11 Å². The maximum absolute atomic E-state index is 8.66. The highest BCUT2D eigenvalue weighted by Gasteiger charge is 1.87. The summed E-state index contributed by atoms with van der Waals surface area (Å²) in [4.78, 5) is 0. The summed E-state index contributed by atoms with van der Waals surface area (Å²) in [5.41, 5.74) is 1.88. The summed E-state index contributed by atoms with van der Waals surface area (Å²) in [6.07, 6.45) is 1.53. The Morgan fingerprint density at radius 3 is 2.30 bits per heavy atom. The van der Waals surface area contributed by atoms with E-state index in [0.29, 0.717) is 0 Å². The summed E-state index contributed by atoms with van der Waals surface area (Å²) in [7, 11) is 0. The maximum Gasteiger partial charge on any atom is 0.0681 e. The normalized spacial score (nSPS) is 9.30. The van der Waals surface area contributed by atoms with Crippen molar-refractivity contribution in [1.29, 1.82) is 0 Å². The molecule has 1 N–H and O–H groups in total. The molecule has 0 aromatic heterocycles. The second-order valence-corrected chi connectivity index (χ2v) is 2.07. The minimum atomic E-state index is 0.0881. The van der Waals surface area contributed by atoms with E-state index in [4.69, 9.17) is 11.7 Å². The van der Waals surface area contributed by atoms with Crippen LogP contribution in [0.1, 0.15) is 11.1 Å². The van der Waals surface area contributed by atoms with Crippen LogP contribution in [0.15, 0.2) is 24.3 Å². The van der Waals surface area contributed by atoms with Gasteiger partial charge in [-0.15, -0.1) is 0 Å². The van der Waals surface area contributed by atoms with E-state index < -0.39 is 0 Å². The third-order valence-electron chi connectivity index (χ3n) is 1.35. The fraction of sp³-hybridized carbons (Fsp3) is 0.111. The Kier molecular flexibility index (Phi) is 2.24. The predicted octanol–water partition coefficient (Wildman–Crippen LogP) is 1.63. The van der Waals surface area contributed by atoms with Gasteiger partial charge in [0.25, 0.3) is 0 Å². The zero-order valence-corrected chi connectivity index (χ0v) is 5.62. The average molecular weight is 133 g/mol. The molecule has 0 aliphatic rings. The lowest BCUT2D eigenvalue weighted by Crippen LogP contribution is -1.80. The molecule has 10 heavy (non-hydrogen) atoms. The molecule has 0 heterocycles. The lowest BCUT2D eigenvalue weighted by Gasteiger charge is -1.94. The Morgan fingerprint density at radius 2 is 1.90 bits per heavy atom. The molecule has 1 aromatic carbocycles. The zero-order valence-electron chi connectivity index (χ0n) is 5.62. The highest BCUT2D eigenvalue weighted by Crippen LogP contribution is 2.04. The molecular weight excluding hydrogens is 124 g/mol. The van der Waals surface area contributed by atoms with Crippen LogP contribution in [0.3, 0.4) is 0 Å². The number of rotatable bonds is 2. The van der Waals surface area contributed by atoms with Crippen molar-refractivity contribution in [1.82, 2.24) is 0 Å². The van der Waals surface area contributed by atoms with E-state index in [-0.39, 0.29) is 6.61 Å². The van der Waals surface area contributed by atoms with Crippen molar-refractivity contribution in [3.05, 3.63) is 42.0 Å². The summed E-state index contributed by atoms with van der Waals surface area (Å²) < 4.78 is 0. The topological polar surface area (TPSA) is 20.2 Å². The smallest absolute Gasteiger partial charge is 0.0681 e. The lowest BCUT2D eigenvalue weighted by molar-refractivity contribution is 0.282. The number of benzene rings is 1. The van der Waals surface area contributed by atoms with E-state index >= 15 is 0 Å². The Balaban J connectivity index is 2.90. The van der Waals surface area contributed by atoms with Gasteiger partial charge in [-0.1, -0.05) is 36.9 Å². The number of aliphatic hydroxyl groups excluding tert-OH is 1. The second-order valence-electron chi connectivity index (χ2n) is 2.07. The second kappa shape index (κ2) is 3.18. The standard InChI is InChI=1S/C9H9O/c1-2-8-3-5-9(7-10)6-4-8/h1-6,10H,7H2. The van der Waals surface area contributed by atoms with Crippen molar-refractivity contribution in [2.24, 2.45) is 0 Å². The Morgan fingerprint density at radius 1 is 1.30 bits per heavy atom. The van der Waals surface area contributed by atoms with Crippen LogP contribution in [0.4, 0.5) is 0 Å². The highest BCUT2D eigenvalue weighted by atomic mass is 16.3. The fourth-order valence-electron chi connectivity index (χ4n) is 0.734. The van der Waals surface area contributed by atoms with Gasteiger partial charge in [0.15, 0.2) is 0 Å². The minimum Gasteiger partial charge on any atom is -0.392 e. The van der Waals surface area contributed by atoms with Gasteiger partial charge in [-0.05, 0) is 11.1 Å². The van der Waals surface area contributed by atoms with Gasteiger partial charge in [0.2, 0.25) is 0 Å². The van der Waals surface area contributed by atoms with Gasteiger partial charge in [-0.25, -0.2) is 0 Å². The van der Waals surface area contributed by atoms with E-state index in [1.165, 1.54) is 6.08 Å². The van der Waals surface area contributed by atoms with Crippen molar-refractivity contribution in [2.75, 3.05) is 0 Å². The first-order valence-corrected chi connectivity index (χ1v) is 3.11. The molecule has 1 rings (SSSR count). The van der Waals surface area contributed by atoms with Crippen LogP contribution in [0.25, 0.3) is 6.08 Å². The molecule has 0 aliphatic heterocycles. The molecule has 1 radical (unpaired) electrons. The number of hydrogen-bond acceptors (Lipinski definition) is 1. The first kappa shape index (κ1) is 7.03. The molecule has 1 aromatic rings. The monoisotopic (exact) mass is 133 g/mol. The molecular formula is C9H9O. The van der Waals surface area contributed by atoms with Crippen LogP contribution in [-0.4, -0.2) is 5.11 Å². The molecule has 0 saturated carbocycles. The molecule has 0 unspecified atom stereocenters. The SMILES string of the molecule is [CH]=Cc1ccc(CO)cc1. The van der Waals surface area contributed by atoms with E-state index in [1.807, 2.05) is 24.3 Å². The molecule has 0 amide bonds. The molecule has 0 spiro atoms. The summed E-state index contributed by atoms with van der Waals surface area (Å²) in [5.74, 6) is 0. The zero-order chi connectivity index (χ0) is 7.40. The quantitative estimate of drug-likeness (QED) is 0.650. The first-order chi connectivity index (χ1) is 4.86.